The van der Waals surface area contributed by atoms with Gasteiger partial charge in [0.25, 0.3) is 0 Å². The van der Waals surface area contributed by atoms with Gasteiger partial charge < -0.3 is 26.8 Å². The fraction of sp³-hybridized carbons (Fsp3) is 0.174. The van der Waals surface area contributed by atoms with Gasteiger partial charge >= 0.3 is 6.18 Å². The summed E-state index contributed by atoms with van der Waals surface area (Å²) in [6.45, 7) is 0. The number of aliphatic imine (C=N–C) groups is 1. The molecular formula is C23H21F3N6. The van der Waals surface area contributed by atoms with Gasteiger partial charge in [0.1, 0.15) is 5.82 Å². The highest BCUT2D eigenvalue weighted by Crippen LogP contribution is 2.43. The Labute approximate surface area is 181 Å². The lowest BCUT2D eigenvalue weighted by atomic mass is 9.78. The van der Waals surface area contributed by atoms with Gasteiger partial charge in [0, 0.05) is 35.4 Å². The summed E-state index contributed by atoms with van der Waals surface area (Å²) in [5, 5.41) is 4.18. The second-order valence-corrected chi connectivity index (χ2v) is 8.04. The minimum Gasteiger partial charge on any atom is -0.384 e. The number of aromatic amines is 2. The Bertz CT molecular complexity index is 1380. The fourth-order valence-corrected chi connectivity index (χ4v) is 4.41. The van der Waals surface area contributed by atoms with Crippen molar-refractivity contribution < 1.29 is 13.2 Å². The molecule has 1 aliphatic rings. The van der Waals surface area contributed by atoms with Crippen LogP contribution in [-0.2, 0) is 12.8 Å². The summed E-state index contributed by atoms with van der Waals surface area (Å²) < 4.78 is 44.3. The second-order valence-electron chi connectivity index (χ2n) is 8.04. The van der Waals surface area contributed by atoms with Crippen molar-refractivity contribution in [3.63, 3.8) is 0 Å². The van der Waals surface area contributed by atoms with Gasteiger partial charge in [-0.25, -0.2) is 0 Å². The number of aromatic nitrogens is 2. The van der Waals surface area contributed by atoms with Crippen molar-refractivity contribution in [2.45, 2.75) is 24.6 Å². The Morgan fingerprint density at radius 3 is 2.06 bits per heavy atom. The van der Waals surface area contributed by atoms with Crippen molar-refractivity contribution in [1.29, 1.82) is 0 Å². The van der Waals surface area contributed by atoms with Gasteiger partial charge in [-0.2, -0.15) is 18.2 Å². The molecule has 1 aliphatic heterocycles. The highest BCUT2D eigenvalue weighted by atomic mass is 19.4. The van der Waals surface area contributed by atoms with Crippen LogP contribution in [0.3, 0.4) is 0 Å². The largest absolute Gasteiger partial charge is 0.415 e. The molecule has 0 bridgehead atoms. The highest BCUT2D eigenvalue weighted by Gasteiger charge is 2.59. The molecular weight excluding hydrogens is 417 g/mol. The van der Waals surface area contributed by atoms with Crippen molar-refractivity contribution in [1.82, 2.24) is 15.3 Å². The number of alkyl halides is 3. The fourth-order valence-electron chi connectivity index (χ4n) is 4.41. The van der Waals surface area contributed by atoms with Gasteiger partial charge in [-0.05, 0) is 64.7 Å². The van der Waals surface area contributed by atoms with Gasteiger partial charge in [-0.15, -0.1) is 0 Å². The summed E-state index contributed by atoms with van der Waals surface area (Å²) in [6.07, 6.45) is -1.55. The predicted octanol–water partition coefficient (Wildman–Crippen LogP) is 3.82. The zero-order chi connectivity index (χ0) is 22.5. The molecule has 5 rings (SSSR count). The number of hydrogen-bond donors (Lipinski definition) is 5. The first-order chi connectivity index (χ1) is 15.2. The van der Waals surface area contributed by atoms with Gasteiger partial charge in [-0.1, -0.05) is 12.1 Å². The van der Waals surface area contributed by atoms with Crippen molar-refractivity contribution in [3.8, 4) is 0 Å². The van der Waals surface area contributed by atoms with Crippen LogP contribution in [0, 0.1) is 0 Å². The third-order valence-corrected chi connectivity index (χ3v) is 5.98. The third kappa shape index (κ3) is 3.26. The molecule has 0 amide bonds. The maximum absolute atomic E-state index is 14.8. The van der Waals surface area contributed by atoms with Crippen LogP contribution >= 0.6 is 0 Å². The molecule has 164 valence electrons. The molecule has 1 atom stereocenters. The van der Waals surface area contributed by atoms with Crippen molar-refractivity contribution in [2.24, 2.45) is 16.5 Å². The first-order valence-electron chi connectivity index (χ1n) is 10.1. The van der Waals surface area contributed by atoms with Crippen molar-refractivity contribution in [2.75, 3.05) is 0 Å². The maximum atomic E-state index is 14.8. The number of fused-ring (bicyclic) bond motifs is 2. The van der Waals surface area contributed by atoms with E-state index in [1.807, 2.05) is 24.3 Å². The van der Waals surface area contributed by atoms with Crippen LogP contribution in [0.15, 0.2) is 77.3 Å². The van der Waals surface area contributed by atoms with Gasteiger partial charge in [0.2, 0.25) is 0 Å². The lowest BCUT2D eigenvalue weighted by molar-refractivity contribution is -0.181. The average Bonchev–Trinajstić information content (AvgIpc) is 3.38. The Morgan fingerprint density at radius 1 is 0.844 bits per heavy atom. The predicted molar refractivity (Wildman–Crippen MR) is 119 cm³/mol. The number of halogens is 3. The summed E-state index contributed by atoms with van der Waals surface area (Å²) in [5.74, 6) is -0.567. The molecule has 2 aromatic heterocycles. The van der Waals surface area contributed by atoms with Crippen LogP contribution in [0.4, 0.5) is 13.2 Å². The number of nitrogens with one attached hydrogen (secondary N) is 3. The van der Waals surface area contributed by atoms with Gasteiger partial charge in [0.15, 0.2) is 11.5 Å². The van der Waals surface area contributed by atoms with E-state index in [1.165, 1.54) is 0 Å². The molecule has 6 nitrogen and oxygen atoms in total. The molecule has 32 heavy (non-hydrogen) atoms. The monoisotopic (exact) mass is 438 g/mol. The summed E-state index contributed by atoms with van der Waals surface area (Å²) in [4.78, 5) is 10.1. The lowest BCUT2D eigenvalue weighted by Gasteiger charge is -2.41. The molecule has 0 spiro atoms. The Hall–Kier alpha value is -3.88. The van der Waals surface area contributed by atoms with Crippen molar-refractivity contribution in [3.05, 3.63) is 83.4 Å². The number of H-pyrrole nitrogens is 2. The molecule has 0 fully saturated rings. The van der Waals surface area contributed by atoms with Crippen molar-refractivity contribution >= 4 is 27.8 Å². The molecule has 0 saturated heterocycles. The van der Waals surface area contributed by atoms with E-state index in [9.17, 15) is 13.2 Å². The van der Waals surface area contributed by atoms with Crippen LogP contribution in [0.5, 0.6) is 0 Å². The van der Waals surface area contributed by atoms with E-state index in [4.69, 9.17) is 11.5 Å². The Balaban J connectivity index is 1.61. The first-order valence-corrected chi connectivity index (χ1v) is 10.1. The van der Waals surface area contributed by atoms with Gasteiger partial charge in [-0.3, -0.25) is 0 Å². The van der Waals surface area contributed by atoms with E-state index in [2.05, 4.69) is 20.3 Å². The van der Waals surface area contributed by atoms with E-state index in [0.717, 1.165) is 21.8 Å². The smallest absolute Gasteiger partial charge is 0.384 e. The number of nitrogens with two attached hydrogens (primary N) is 2. The van der Waals surface area contributed by atoms with E-state index in [0.29, 0.717) is 11.1 Å². The molecule has 1 unspecified atom stereocenters. The van der Waals surface area contributed by atoms with Gasteiger partial charge in [0.05, 0.1) is 0 Å². The quantitative estimate of drug-likeness (QED) is 0.334. The number of benzene rings is 2. The third-order valence-electron chi connectivity index (χ3n) is 5.98. The van der Waals surface area contributed by atoms with E-state index < -0.39 is 11.7 Å². The summed E-state index contributed by atoms with van der Waals surface area (Å²) >= 11 is 0. The van der Waals surface area contributed by atoms with Crippen LogP contribution in [0.1, 0.15) is 11.1 Å². The van der Waals surface area contributed by atoms with Crippen LogP contribution < -0.4 is 16.8 Å². The molecule has 2 aromatic carbocycles. The highest BCUT2D eigenvalue weighted by molar-refractivity contribution is 5.83. The number of rotatable bonds is 4. The molecule has 9 heteroatoms. The zero-order valence-corrected chi connectivity index (χ0v) is 16.9. The van der Waals surface area contributed by atoms with Crippen LogP contribution in [0.2, 0.25) is 0 Å². The minimum absolute atomic E-state index is 0.0252. The molecule has 3 heterocycles. The average molecular weight is 438 g/mol. The molecule has 4 aromatic rings. The zero-order valence-electron chi connectivity index (χ0n) is 16.9. The number of nitrogens with zero attached hydrogens (tertiary/aromatic N) is 1. The molecule has 0 saturated carbocycles. The normalized spacial score (nSPS) is 19.4. The molecule has 0 radical (unpaired) electrons. The second kappa shape index (κ2) is 7.08. The summed E-state index contributed by atoms with van der Waals surface area (Å²) in [6, 6.07) is 14.3. The Kier molecular flexibility index (Phi) is 4.44. The Morgan fingerprint density at radius 2 is 1.44 bits per heavy atom. The summed E-state index contributed by atoms with van der Waals surface area (Å²) in [7, 11) is 0. The topological polar surface area (TPSA) is 108 Å². The maximum Gasteiger partial charge on any atom is 0.415 e. The minimum atomic E-state index is -4.68. The number of hydrogen-bond acceptors (Lipinski definition) is 4. The van der Waals surface area contributed by atoms with Crippen LogP contribution in [0.25, 0.3) is 21.8 Å². The van der Waals surface area contributed by atoms with Crippen LogP contribution in [-0.4, -0.2) is 27.6 Å². The SMILES string of the molecule is NC1=NC(N)=C(Cc2ccc3[nH]ccc3c2)C(Cc2ccc3[nH]ccc3c2)(C(F)(F)F)N1. The molecule has 7 N–H and O–H groups in total. The standard InChI is InChI=1S/C23H21F3N6/c24-23(25,26)22(12-14-2-4-19-16(10-14)6-8-30-19)17(20(27)31-21(28)32-22)11-13-1-3-18-15(9-13)5-7-29-18/h1-10,29-30H,11-12,27H2,(H3,28,31,32). The lowest BCUT2D eigenvalue weighted by Crippen LogP contribution is -2.65. The van der Waals surface area contributed by atoms with E-state index in [-0.39, 0.29) is 30.2 Å². The molecule has 0 aliphatic carbocycles. The van der Waals surface area contributed by atoms with E-state index >= 15 is 0 Å². The first kappa shape index (κ1) is 20.0. The number of guanidine groups is 1. The summed E-state index contributed by atoms with van der Waals surface area (Å²) in [5.41, 5.74) is 12.2. The van der Waals surface area contributed by atoms with E-state index in [1.54, 1.807) is 36.7 Å².